The Morgan fingerprint density at radius 2 is 1.83 bits per heavy atom. The predicted molar refractivity (Wildman–Crippen MR) is 162 cm³/mol. The molecule has 0 spiro atoms. The predicted octanol–water partition coefficient (Wildman–Crippen LogP) is 4.91. The van der Waals surface area contributed by atoms with E-state index in [9.17, 15) is 27.9 Å². The minimum Gasteiger partial charge on any atom is -0.494 e. The van der Waals surface area contributed by atoms with E-state index < -0.39 is 29.2 Å². The number of rotatable bonds is 12. The maximum absolute atomic E-state index is 13.5. The van der Waals surface area contributed by atoms with Crippen LogP contribution in [0.3, 0.4) is 0 Å². The molecule has 2 aromatic heterocycles. The first kappa shape index (κ1) is 31.3. The zero-order valence-electron chi connectivity index (χ0n) is 25.4. The highest BCUT2D eigenvalue weighted by molar-refractivity contribution is 6.00. The lowest BCUT2D eigenvalue weighted by Crippen LogP contribution is -2.43. The van der Waals surface area contributed by atoms with E-state index in [4.69, 9.17) is 20.2 Å². The van der Waals surface area contributed by atoms with Gasteiger partial charge in [0.25, 0.3) is 5.91 Å². The van der Waals surface area contributed by atoms with Crippen LogP contribution in [0.25, 0.3) is 22.2 Å². The first-order valence-corrected chi connectivity index (χ1v) is 15.1. The summed E-state index contributed by atoms with van der Waals surface area (Å²) in [5.41, 5.74) is 4.91. The fraction of sp³-hybridized carbons (Fsp3) is 0.394. The van der Waals surface area contributed by atoms with E-state index >= 15 is 0 Å². The van der Waals surface area contributed by atoms with Crippen LogP contribution >= 0.6 is 0 Å². The summed E-state index contributed by atoms with van der Waals surface area (Å²) in [7, 11) is 1.51. The highest BCUT2D eigenvalue weighted by Crippen LogP contribution is 2.47. The summed E-state index contributed by atoms with van der Waals surface area (Å²) in [5.74, 6) is -0.767. The number of hydrogen-bond donors (Lipinski definition) is 3. The van der Waals surface area contributed by atoms with Gasteiger partial charge in [0.15, 0.2) is 0 Å². The number of methoxy groups -OCH3 is 1. The molecule has 0 unspecified atom stereocenters. The summed E-state index contributed by atoms with van der Waals surface area (Å²) < 4.78 is 53.2. The fourth-order valence-corrected chi connectivity index (χ4v) is 5.70. The average molecular weight is 638 g/mol. The molecule has 1 atom stereocenters. The van der Waals surface area contributed by atoms with Gasteiger partial charge in [-0.25, -0.2) is 4.98 Å². The van der Waals surface area contributed by atoms with E-state index in [0.29, 0.717) is 46.8 Å². The Hall–Kier alpha value is -4.65. The van der Waals surface area contributed by atoms with Crippen LogP contribution in [0.5, 0.6) is 11.5 Å². The molecule has 242 valence electrons. The minimum atomic E-state index is -4.54. The number of nitrogens with zero attached hydrogens (tertiary/aromatic N) is 3. The number of alkyl halides is 3. The molecule has 0 bridgehead atoms. The Bertz CT molecular complexity index is 1800. The summed E-state index contributed by atoms with van der Waals surface area (Å²) in [4.78, 5) is 30.3. The van der Waals surface area contributed by atoms with Gasteiger partial charge in [0, 0.05) is 28.3 Å². The number of benzene rings is 2. The standard InChI is InChI=1S/C33H34F3N5O5/c1-3-46-30-19(15-27(37)42)14-26(39-29(30)18-4-6-23(7-5-18)33(34,35)36)32(44,22-8-9-22)17-38-31(43)20-12-21-16-41(24-10-11-24)40-28(21)25(13-20)45-2/h4-7,12-14,16,22,24,44H,3,8-11,15,17H2,1-2H3,(H2,37,42)(H,38,43)/t32-/m1/s1. The third-order valence-electron chi connectivity index (χ3n) is 8.40. The number of halogens is 3. The van der Waals surface area contributed by atoms with Crippen molar-refractivity contribution in [2.75, 3.05) is 20.3 Å². The molecule has 2 saturated carbocycles. The van der Waals surface area contributed by atoms with Crippen molar-refractivity contribution >= 4 is 22.7 Å². The Balaban J connectivity index is 1.36. The van der Waals surface area contributed by atoms with Crippen molar-refractivity contribution in [2.45, 2.75) is 56.8 Å². The molecule has 0 radical (unpaired) electrons. The number of aromatic nitrogens is 3. The van der Waals surface area contributed by atoms with Crippen LogP contribution < -0.4 is 20.5 Å². The van der Waals surface area contributed by atoms with E-state index in [2.05, 4.69) is 10.4 Å². The van der Waals surface area contributed by atoms with Crippen LogP contribution in [0.15, 0.2) is 48.7 Å². The monoisotopic (exact) mass is 637 g/mol. The average Bonchev–Trinajstić information content (AvgIpc) is 3.96. The molecule has 2 aliphatic carbocycles. The van der Waals surface area contributed by atoms with E-state index in [1.54, 1.807) is 19.1 Å². The highest BCUT2D eigenvalue weighted by Gasteiger charge is 2.47. The number of pyridine rings is 1. The fourth-order valence-electron chi connectivity index (χ4n) is 5.70. The van der Waals surface area contributed by atoms with E-state index in [1.165, 1.54) is 25.3 Å². The number of nitrogens with two attached hydrogens (primary N) is 1. The topological polar surface area (TPSA) is 142 Å². The number of carbonyl (C=O) groups is 2. The van der Waals surface area contributed by atoms with Crippen molar-refractivity contribution in [3.8, 4) is 22.8 Å². The molecule has 4 aromatic rings. The van der Waals surface area contributed by atoms with Crippen molar-refractivity contribution in [2.24, 2.45) is 11.7 Å². The van der Waals surface area contributed by atoms with E-state index in [0.717, 1.165) is 30.4 Å². The van der Waals surface area contributed by atoms with Crippen LogP contribution in [0.1, 0.15) is 65.8 Å². The molecule has 2 fully saturated rings. The molecule has 2 aliphatic rings. The number of hydrogen-bond acceptors (Lipinski definition) is 7. The van der Waals surface area contributed by atoms with Gasteiger partial charge in [0.2, 0.25) is 5.91 Å². The lowest BCUT2D eigenvalue weighted by Gasteiger charge is -2.30. The zero-order valence-corrected chi connectivity index (χ0v) is 25.4. The maximum atomic E-state index is 13.5. The second kappa shape index (κ2) is 11.9. The number of carbonyl (C=O) groups excluding carboxylic acids is 2. The van der Waals surface area contributed by atoms with Gasteiger partial charge >= 0.3 is 6.18 Å². The molecular formula is C33H34F3N5O5. The molecule has 2 amide bonds. The third kappa shape index (κ3) is 6.23. The summed E-state index contributed by atoms with van der Waals surface area (Å²) >= 11 is 0. The molecule has 13 heteroatoms. The third-order valence-corrected chi connectivity index (χ3v) is 8.40. The molecule has 0 saturated heterocycles. The van der Waals surface area contributed by atoms with Gasteiger partial charge in [0.1, 0.15) is 28.3 Å². The van der Waals surface area contributed by atoms with E-state index in [-0.39, 0.29) is 42.6 Å². The van der Waals surface area contributed by atoms with Gasteiger partial charge in [-0.15, -0.1) is 0 Å². The van der Waals surface area contributed by atoms with Crippen LogP contribution in [0.4, 0.5) is 13.2 Å². The van der Waals surface area contributed by atoms with Gasteiger partial charge in [0.05, 0.1) is 44.0 Å². The van der Waals surface area contributed by atoms with Crippen molar-refractivity contribution in [1.82, 2.24) is 20.1 Å². The number of fused-ring (bicyclic) bond motifs is 1. The molecule has 46 heavy (non-hydrogen) atoms. The summed E-state index contributed by atoms with van der Waals surface area (Å²) in [5, 5.41) is 20.3. The molecular weight excluding hydrogens is 603 g/mol. The summed E-state index contributed by atoms with van der Waals surface area (Å²) in [6, 6.07) is 9.57. The number of primary amides is 1. The molecule has 2 aromatic carbocycles. The van der Waals surface area contributed by atoms with Crippen LogP contribution in [-0.4, -0.2) is 51.9 Å². The van der Waals surface area contributed by atoms with Gasteiger partial charge in [-0.05, 0) is 68.9 Å². The van der Waals surface area contributed by atoms with Crippen molar-refractivity contribution in [3.05, 3.63) is 71.0 Å². The molecule has 2 heterocycles. The second-order valence-electron chi connectivity index (χ2n) is 11.8. The lowest BCUT2D eigenvalue weighted by molar-refractivity contribution is -0.137. The number of nitrogens with one attached hydrogen (secondary N) is 1. The minimum absolute atomic E-state index is 0.142. The van der Waals surface area contributed by atoms with Crippen LogP contribution in [-0.2, 0) is 23.0 Å². The van der Waals surface area contributed by atoms with Crippen LogP contribution in [0.2, 0.25) is 0 Å². The Morgan fingerprint density at radius 3 is 2.41 bits per heavy atom. The smallest absolute Gasteiger partial charge is 0.416 e. The highest BCUT2D eigenvalue weighted by atomic mass is 19.4. The van der Waals surface area contributed by atoms with Gasteiger partial charge < -0.3 is 25.6 Å². The molecule has 6 rings (SSSR count). The normalized spacial score (nSPS) is 16.2. The largest absolute Gasteiger partial charge is 0.494 e. The van der Waals surface area contributed by atoms with Crippen molar-refractivity contribution < 1.29 is 37.3 Å². The van der Waals surface area contributed by atoms with Gasteiger partial charge in [-0.2, -0.15) is 18.3 Å². The molecule has 4 N–H and O–H groups in total. The Morgan fingerprint density at radius 1 is 1.11 bits per heavy atom. The number of aliphatic hydroxyl groups is 1. The van der Waals surface area contributed by atoms with Crippen molar-refractivity contribution in [3.63, 3.8) is 0 Å². The quantitative estimate of drug-likeness (QED) is 0.200. The Kier molecular flexibility index (Phi) is 8.13. The lowest BCUT2D eigenvalue weighted by atomic mass is 9.90. The van der Waals surface area contributed by atoms with Gasteiger partial charge in [-0.1, -0.05) is 12.1 Å². The molecule has 10 nitrogen and oxygen atoms in total. The Labute approximate surface area is 262 Å². The first-order valence-electron chi connectivity index (χ1n) is 15.1. The zero-order chi connectivity index (χ0) is 32.8. The first-order chi connectivity index (χ1) is 21.9. The second-order valence-corrected chi connectivity index (χ2v) is 11.8. The SMILES string of the molecule is CCOc1c(CC(N)=O)cc([C@@](O)(CNC(=O)c2cc(OC)c3nn(C4CC4)cc3c2)C2CC2)nc1-c1ccc(C(F)(F)F)cc1. The number of ether oxygens (including phenoxy) is 2. The summed E-state index contributed by atoms with van der Waals surface area (Å²) in [6.45, 7) is 1.68. The summed E-state index contributed by atoms with van der Waals surface area (Å²) in [6.07, 6.45) is 0.490. The van der Waals surface area contributed by atoms with Crippen LogP contribution in [0, 0.1) is 5.92 Å². The van der Waals surface area contributed by atoms with E-state index in [1.807, 2.05) is 10.9 Å². The van der Waals surface area contributed by atoms with Crippen molar-refractivity contribution in [1.29, 1.82) is 0 Å². The number of amides is 2. The maximum Gasteiger partial charge on any atom is 0.416 e. The van der Waals surface area contributed by atoms with Gasteiger partial charge in [-0.3, -0.25) is 14.3 Å². The molecule has 0 aliphatic heterocycles.